The highest BCUT2D eigenvalue weighted by Crippen LogP contribution is 2.49. The maximum absolute atomic E-state index is 12.2. The lowest BCUT2D eigenvalue weighted by Crippen LogP contribution is -2.64. The van der Waals surface area contributed by atoms with E-state index in [-0.39, 0.29) is 31.8 Å². The summed E-state index contributed by atoms with van der Waals surface area (Å²) in [6, 6.07) is 0. The molecule has 3 heterocycles. The van der Waals surface area contributed by atoms with Crippen molar-refractivity contribution in [2.24, 2.45) is 0 Å². The zero-order valence-electron chi connectivity index (χ0n) is 22.7. The Morgan fingerprint density at radius 3 is 2.05 bits per heavy atom. The Balaban J connectivity index is 2.04. The lowest BCUT2D eigenvalue weighted by molar-refractivity contribution is -0.238. The van der Waals surface area contributed by atoms with Gasteiger partial charge in [0, 0.05) is 48.3 Å². The second-order valence-electron chi connectivity index (χ2n) is 9.48. The van der Waals surface area contributed by atoms with Crippen molar-refractivity contribution in [1.82, 2.24) is 5.32 Å². The van der Waals surface area contributed by atoms with Gasteiger partial charge in [0.05, 0.1) is 17.5 Å². The minimum atomic E-state index is -1.32. The van der Waals surface area contributed by atoms with Crippen molar-refractivity contribution in [3.63, 3.8) is 0 Å². The van der Waals surface area contributed by atoms with Gasteiger partial charge in [-0.25, -0.2) is 0 Å². The van der Waals surface area contributed by atoms with Crippen molar-refractivity contribution >= 4 is 41.5 Å². The topological polar surface area (TPSA) is 171 Å². The van der Waals surface area contributed by atoms with Gasteiger partial charge in [0.1, 0.15) is 24.3 Å². The van der Waals surface area contributed by atoms with Crippen LogP contribution in [0.5, 0.6) is 0 Å². The second-order valence-corrected chi connectivity index (χ2v) is 11.0. The molecular weight excluding hydrogens is 542 g/mol. The number of hydrogen-bond acceptors (Lipinski definition) is 14. The highest BCUT2D eigenvalue weighted by Gasteiger charge is 2.59. The monoisotopic (exact) mass is 577 g/mol. The van der Waals surface area contributed by atoms with E-state index in [4.69, 9.17) is 37.9 Å². The molecule has 0 aromatic carbocycles. The molecular formula is C24H35NO13S. The normalized spacial score (nSPS) is 35.4. The molecule has 0 radical (unpaired) electrons. The van der Waals surface area contributed by atoms with Gasteiger partial charge in [-0.2, -0.15) is 0 Å². The highest BCUT2D eigenvalue weighted by atomic mass is 32.2. The molecule has 3 fully saturated rings. The van der Waals surface area contributed by atoms with Gasteiger partial charge in [-0.05, 0) is 6.42 Å². The van der Waals surface area contributed by atoms with Crippen LogP contribution in [-0.2, 0) is 61.9 Å². The first kappa shape index (κ1) is 31.1. The van der Waals surface area contributed by atoms with Gasteiger partial charge in [0.15, 0.2) is 24.6 Å². The average molecular weight is 578 g/mol. The molecule has 1 amide bonds. The van der Waals surface area contributed by atoms with Crippen LogP contribution in [0.2, 0.25) is 0 Å². The van der Waals surface area contributed by atoms with E-state index < -0.39 is 70.9 Å². The first-order valence-corrected chi connectivity index (χ1v) is 13.3. The molecule has 1 unspecified atom stereocenters. The van der Waals surface area contributed by atoms with Crippen LogP contribution in [0.4, 0.5) is 0 Å². The summed E-state index contributed by atoms with van der Waals surface area (Å²) in [4.78, 5) is 59.8. The number of nitrogens with one attached hydrogen (secondary N) is 1. The summed E-state index contributed by atoms with van der Waals surface area (Å²) >= 11 is 1.13. The van der Waals surface area contributed by atoms with E-state index >= 15 is 0 Å². The van der Waals surface area contributed by atoms with Gasteiger partial charge in [0.2, 0.25) is 5.91 Å². The van der Waals surface area contributed by atoms with Crippen LogP contribution in [0.3, 0.4) is 0 Å². The maximum Gasteiger partial charge on any atom is 0.303 e. The van der Waals surface area contributed by atoms with Crippen LogP contribution in [-0.4, -0.2) is 110 Å². The van der Waals surface area contributed by atoms with Crippen LogP contribution in [0.15, 0.2) is 0 Å². The SMILES string of the molecule is CO[C@H]1C[C@](CNC(C)=O)(S[C@@H]2O[C@H](COC(C)=O)[C@H](OC(C)=O)[C@H](OC(C)=O)[C@H]2OC(C)=O)C2OC[C@H]1O2. The van der Waals surface area contributed by atoms with E-state index in [1.54, 1.807) is 0 Å². The molecule has 3 saturated heterocycles. The van der Waals surface area contributed by atoms with Gasteiger partial charge in [0.25, 0.3) is 0 Å². The molecule has 0 aromatic rings. The van der Waals surface area contributed by atoms with E-state index in [0.717, 1.165) is 25.6 Å². The van der Waals surface area contributed by atoms with Crippen LogP contribution in [0, 0.1) is 0 Å². The Bertz CT molecular complexity index is 947. The Morgan fingerprint density at radius 1 is 0.872 bits per heavy atom. The molecule has 0 aliphatic carbocycles. The fraction of sp³-hybridized carbons (Fsp3) is 0.792. The van der Waals surface area contributed by atoms with Crippen molar-refractivity contribution in [1.29, 1.82) is 0 Å². The molecule has 9 atom stereocenters. The maximum atomic E-state index is 12.2. The first-order chi connectivity index (χ1) is 18.3. The van der Waals surface area contributed by atoms with Crippen molar-refractivity contribution < 1.29 is 61.9 Å². The molecule has 0 aromatic heterocycles. The Morgan fingerprint density at radius 2 is 1.49 bits per heavy atom. The van der Waals surface area contributed by atoms with Gasteiger partial charge in [-0.15, -0.1) is 11.8 Å². The Kier molecular flexibility index (Phi) is 10.6. The Hall–Kier alpha value is -2.46. The van der Waals surface area contributed by atoms with Crippen molar-refractivity contribution in [2.45, 2.75) is 94.1 Å². The number of thioether (sulfide) groups is 1. The summed E-state index contributed by atoms with van der Waals surface area (Å²) < 4.78 is 44.6. The largest absolute Gasteiger partial charge is 0.463 e. The third kappa shape index (κ3) is 7.81. The average Bonchev–Trinajstić information content (AvgIpc) is 3.28. The molecule has 15 heteroatoms. The molecule has 1 N–H and O–H groups in total. The quantitative estimate of drug-likeness (QED) is 0.268. The fourth-order valence-corrected chi connectivity index (χ4v) is 6.44. The van der Waals surface area contributed by atoms with Crippen molar-refractivity contribution in [3.8, 4) is 0 Å². The minimum Gasteiger partial charge on any atom is -0.463 e. The van der Waals surface area contributed by atoms with Crippen molar-refractivity contribution in [3.05, 3.63) is 0 Å². The number of amides is 1. The summed E-state index contributed by atoms with van der Waals surface area (Å²) in [5.41, 5.74) is -1.08. The Labute approximate surface area is 230 Å². The van der Waals surface area contributed by atoms with Crippen LogP contribution in [0.1, 0.15) is 41.0 Å². The molecule has 3 aliphatic rings. The lowest BCUT2D eigenvalue weighted by atomic mass is 9.94. The zero-order valence-corrected chi connectivity index (χ0v) is 23.5. The van der Waals surface area contributed by atoms with E-state index in [2.05, 4.69) is 5.32 Å². The molecule has 39 heavy (non-hydrogen) atoms. The zero-order chi connectivity index (χ0) is 28.9. The molecule has 3 aliphatic heterocycles. The van der Waals surface area contributed by atoms with E-state index in [0.29, 0.717) is 6.42 Å². The fourth-order valence-electron chi connectivity index (χ4n) is 4.78. The van der Waals surface area contributed by atoms with Gasteiger partial charge in [-0.3, -0.25) is 24.0 Å². The number of hydrogen-bond donors (Lipinski definition) is 1. The number of ether oxygens (including phenoxy) is 8. The summed E-state index contributed by atoms with van der Waals surface area (Å²) in [5, 5.41) is 2.80. The molecule has 220 valence electrons. The number of carbonyl (C=O) groups is 5. The molecule has 0 saturated carbocycles. The van der Waals surface area contributed by atoms with Gasteiger partial charge >= 0.3 is 23.9 Å². The second kappa shape index (κ2) is 13.3. The standard InChI is InChI=1S/C24H35NO13S/c1-11(26)25-10-24(7-16(31-6)17-8-33-23(24)38-17)39-22-21(36-15(5)30)20(35-14(4)29)19(34-13(3)28)18(37-22)9-32-12(2)27/h16-23H,7-10H2,1-6H3,(H,25,26)/t16-,17+,18+,19-,20-,21+,22-,23?,24+/m0/s1. The number of rotatable bonds is 10. The molecule has 14 nitrogen and oxygen atoms in total. The summed E-state index contributed by atoms with van der Waals surface area (Å²) in [6.07, 6.45) is -6.13. The lowest BCUT2D eigenvalue weighted by Gasteiger charge is -2.49. The predicted octanol–water partition coefficient (Wildman–Crippen LogP) is -0.162. The predicted molar refractivity (Wildman–Crippen MR) is 131 cm³/mol. The van der Waals surface area contributed by atoms with Gasteiger partial charge < -0.3 is 43.2 Å². The number of methoxy groups -OCH3 is 1. The molecule has 0 spiro atoms. The molecule has 2 bridgehead atoms. The molecule has 3 rings (SSSR count). The smallest absolute Gasteiger partial charge is 0.303 e. The minimum absolute atomic E-state index is 0.0666. The number of carbonyl (C=O) groups excluding carboxylic acids is 5. The number of esters is 4. The van der Waals surface area contributed by atoms with Gasteiger partial charge in [-0.1, -0.05) is 0 Å². The van der Waals surface area contributed by atoms with E-state index in [1.807, 2.05) is 0 Å². The summed E-state index contributed by atoms with van der Waals surface area (Å²) in [6.45, 7) is 6.01. The third-order valence-electron chi connectivity index (χ3n) is 6.34. The first-order valence-electron chi connectivity index (χ1n) is 12.4. The summed E-state index contributed by atoms with van der Waals surface area (Å²) in [5.74, 6) is -3.09. The number of fused-ring (bicyclic) bond motifs is 2. The van der Waals surface area contributed by atoms with E-state index in [9.17, 15) is 24.0 Å². The van der Waals surface area contributed by atoms with Crippen LogP contribution >= 0.6 is 11.8 Å². The summed E-state index contributed by atoms with van der Waals surface area (Å²) in [7, 11) is 1.54. The van der Waals surface area contributed by atoms with Crippen LogP contribution < -0.4 is 5.32 Å². The highest BCUT2D eigenvalue weighted by molar-refractivity contribution is 8.01. The van der Waals surface area contributed by atoms with Crippen molar-refractivity contribution in [2.75, 3.05) is 26.9 Å². The third-order valence-corrected chi connectivity index (χ3v) is 7.92. The van der Waals surface area contributed by atoms with E-state index in [1.165, 1.54) is 27.9 Å². The van der Waals surface area contributed by atoms with Crippen LogP contribution in [0.25, 0.3) is 0 Å².